The number of fused-ring (bicyclic) bond motifs is 1. The number of carbonyl (C=O) groups is 1. The normalized spacial score (nSPS) is 11.4. The van der Waals surface area contributed by atoms with Crippen LogP contribution >= 0.6 is 0 Å². The first-order valence-electron chi connectivity index (χ1n) is 7.65. The molecule has 0 fully saturated rings. The third-order valence-corrected chi connectivity index (χ3v) is 4.14. The Morgan fingerprint density at radius 3 is 2.50 bits per heavy atom. The summed E-state index contributed by atoms with van der Waals surface area (Å²) < 4.78 is 2.19. The van der Waals surface area contributed by atoms with Crippen LogP contribution in [0.4, 0.5) is 0 Å². The highest BCUT2D eigenvalue weighted by Crippen LogP contribution is 2.28. The van der Waals surface area contributed by atoms with E-state index in [-0.39, 0.29) is 5.57 Å². The van der Waals surface area contributed by atoms with Crippen molar-refractivity contribution in [1.29, 1.82) is 5.26 Å². The number of carbonyl (C=O) groups excluding carboxylic acids is 1. The molecule has 4 nitrogen and oxygen atoms in total. The zero-order valence-electron chi connectivity index (χ0n) is 13.4. The molecule has 0 saturated carbocycles. The van der Waals surface area contributed by atoms with Gasteiger partial charge in [-0.25, -0.2) is 0 Å². The van der Waals surface area contributed by atoms with E-state index in [1.807, 2.05) is 55.5 Å². The van der Waals surface area contributed by atoms with Gasteiger partial charge in [0.2, 0.25) is 0 Å². The van der Waals surface area contributed by atoms with Gasteiger partial charge in [-0.3, -0.25) is 4.79 Å². The lowest BCUT2D eigenvalue weighted by molar-refractivity contribution is -0.114. The Hall–Kier alpha value is -3.32. The number of amides is 1. The summed E-state index contributed by atoms with van der Waals surface area (Å²) in [6, 6.07) is 20.0. The summed E-state index contributed by atoms with van der Waals surface area (Å²) in [7, 11) is 0. The lowest BCUT2D eigenvalue weighted by Gasteiger charge is -2.08. The van der Waals surface area contributed by atoms with Crippen LogP contribution < -0.4 is 5.73 Å². The topological polar surface area (TPSA) is 71.8 Å². The van der Waals surface area contributed by atoms with E-state index in [1.165, 1.54) is 5.56 Å². The van der Waals surface area contributed by atoms with Crippen molar-refractivity contribution in [2.24, 2.45) is 5.73 Å². The van der Waals surface area contributed by atoms with Gasteiger partial charge in [0.25, 0.3) is 5.91 Å². The van der Waals surface area contributed by atoms with E-state index < -0.39 is 5.91 Å². The summed E-state index contributed by atoms with van der Waals surface area (Å²) in [6.45, 7) is 2.71. The molecule has 118 valence electrons. The monoisotopic (exact) mass is 315 g/mol. The quantitative estimate of drug-likeness (QED) is 0.592. The molecule has 3 aromatic rings. The van der Waals surface area contributed by atoms with Crippen LogP contribution in [-0.2, 0) is 11.3 Å². The van der Waals surface area contributed by atoms with Gasteiger partial charge in [0.05, 0.1) is 0 Å². The zero-order chi connectivity index (χ0) is 17.1. The number of hydrogen-bond acceptors (Lipinski definition) is 2. The standard InChI is InChI=1S/C20H17N3O/c1-14-18(11-16(12-21)20(22)24)17-9-5-6-10-19(17)23(14)13-15-7-3-2-4-8-15/h2-11H,13H2,1H3,(H2,22,24)/b16-11+. The maximum Gasteiger partial charge on any atom is 0.259 e. The third-order valence-electron chi connectivity index (χ3n) is 4.14. The van der Waals surface area contributed by atoms with Crippen LogP contribution in [-0.4, -0.2) is 10.5 Å². The molecule has 1 aromatic heterocycles. The van der Waals surface area contributed by atoms with Crippen molar-refractivity contribution in [3.63, 3.8) is 0 Å². The predicted molar refractivity (Wildman–Crippen MR) is 95.0 cm³/mol. The number of nitrogens with two attached hydrogens (primary N) is 1. The van der Waals surface area contributed by atoms with Crippen LogP contribution in [0, 0.1) is 18.3 Å². The number of aromatic nitrogens is 1. The molecule has 1 amide bonds. The second-order valence-electron chi connectivity index (χ2n) is 5.62. The molecule has 0 aliphatic rings. The van der Waals surface area contributed by atoms with E-state index in [0.29, 0.717) is 0 Å². The smallest absolute Gasteiger partial charge is 0.259 e. The lowest BCUT2D eigenvalue weighted by Crippen LogP contribution is -2.12. The molecule has 2 N–H and O–H groups in total. The van der Waals surface area contributed by atoms with Crippen molar-refractivity contribution in [2.45, 2.75) is 13.5 Å². The largest absolute Gasteiger partial charge is 0.365 e. The molecule has 0 radical (unpaired) electrons. The first-order valence-corrected chi connectivity index (χ1v) is 7.65. The predicted octanol–water partition coefficient (Wildman–Crippen LogP) is 3.39. The minimum absolute atomic E-state index is 0.0410. The SMILES string of the molecule is Cc1c(/C=C(\C#N)C(N)=O)c2ccccc2n1Cc1ccccc1. The number of rotatable bonds is 4. The molecule has 0 aliphatic carbocycles. The van der Waals surface area contributed by atoms with Gasteiger partial charge in [0.15, 0.2) is 0 Å². The second kappa shape index (κ2) is 6.43. The fourth-order valence-electron chi connectivity index (χ4n) is 2.91. The number of primary amides is 1. The fourth-order valence-corrected chi connectivity index (χ4v) is 2.91. The van der Waals surface area contributed by atoms with E-state index in [4.69, 9.17) is 11.0 Å². The minimum atomic E-state index is -0.711. The Bertz CT molecular complexity index is 975. The van der Waals surface area contributed by atoms with Gasteiger partial charge in [-0.05, 0) is 24.6 Å². The average molecular weight is 315 g/mol. The lowest BCUT2D eigenvalue weighted by atomic mass is 10.1. The highest BCUT2D eigenvalue weighted by molar-refractivity contribution is 6.03. The van der Waals surface area contributed by atoms with E-state index in [0.717, 1.165) is 28.7 Å². The molecule has 2 aromatic carbocycles. The maximum atomic E-state index is 11.4. The molecule has 3 rings (SSSR count). The van der Waals surface area contributed by atoms with Gasteiger partial charge in [-0.1, -0.05) is 48.5 Å². The van der Waals surface area contributed by atoms with Crippen molar-refractivity contribution in [2.75, 3.05) is 0 Å². The summed E-state index contributed by atoms with van der Waals surface area (Å²) in [5.41, 5.74) is 9.34. The van der Waals surface area contributed by atoms with Crippen molar-refractivity contribution < 1.29 is 4.79 Å². The van der Waals surface area contributed by atoms with Gasteiger partial charge >= 0.3 is 0 Å². The zero-order valence-corrected chi connectivity index (χ0v) is 13.4. The molecule has 24 heavy (non-hydrogen) atoms. The van der Waals surface area contributed by atoms with Crippen LogP contribution in [0.5, 0.6) is 0 Å². The first kappa shape index (κ1) is 15.6. The summed E-state index contributed by atoms with van der Waals surface area (Å²) in [6.07, 6.45) is 1.58. The Kier molecular flexibility index (Phi) is 4.17. The Morgan fingerprint density at radius 1 is 1.17 bits per heavy atom. The number of nitrogens with zero attached hydrogens (tertiary/aromatic N) is 2. The van der Waals surface area contributed by atoms with Crippen molar-refractivity contribution in [3.8, 4) is 6.07 Å². The Labute approximate surface area is 140 Å². The molecule has 1 heterocycles. The summed E-state index contributed by atoms with van der Waals surface area (Å²) in [5.74, 6) is -0.711. The van der Waals surface area contributed by atoms with Crippen LogP contribution in [0.3, 0.4) is 0 Å². The average Bonchev–Trinajstić information content (AvgIpc) is 2.85. The van der Waals surface area contributed by atoms with Crippen molar-refractivity contribution in [3.05, 3.63) is 77.0 Å². The molecule has 0 spiro atoms. The number of para-hydroxylation sites is 1. The number of hydrogen-bond donors (Lipinski definition) is 1. The van der Waals surface area contributed by atoms with Crippen LogP contribution in [0.2, 0.25) is 0 Å². The van der Waals surface area contributed by atoms with Gasteiger partial charge < -0.3 is 10.3 Å². The van der Waals surface area contributed by atoms with Crippen LogP contribution in [0.15, 0.2) is 60.2 Å². The summed E-state index contributed by atoms with van der Waals surface area (Å²) >= 11 is 0. The van der Waals surface area contributed by atoms with E-state index in [2.05, 4.69) is 16.7 Å². The van der Waals surface area contributed by atoms with Crippen molar-refractivity contribution >= 4 is 22.9 Å². The highest BCUT2D eigenvalue weighted by atomic mass is 16.1. The molecule has 0 unspecified atom stereocenters. The molecule has 0 bridgehead atoms. The van der Waals surface area contributed by atoms with Crippen LogP contribution in [0.1, 0.15) is 16.8 Å². The number of nitriles is 1. The van der Waals surface area contributed by atoms with Crippen molar-refractivity contribution in [1.82, 2.24) is 4.57 Å². The fraction of sp³-hybridized carbons (Fsp3) is 0.100. The highest BCUT2D eigenvalue weighted by Gasteiger charge is 2.14. The molecular formula is C20H17N3O. The van der Waals surface area contributed by atoms with E-state index in [1.54, 1.807) is 6.08 Å². The maximum absolute atomic E-state index is 11.4. The van der Waals surface area contributed by atoms with Gasteiger partial charge in [-0.15, -0.1) is 0 Å². The Morgan fingerprint density at radius 2 is 1.83 bits per heavy atom. The molecule has 0 saturated heterocycles. The molecule has 0 aliphatic heterocycles. The summed E-state index contributed by atoms with van der Waals surface area (Å²) in [5, 5.41) is 10.1. The first-order chi connectivity index (χ1) is 11.6. The van der Waals surface area contributed by atoms with Gasteiger partial charge in [0.1, 0.15) is 11.6 Å². The molecule has 4 heteroatoms. The van der Waals surface area contributed by atoms with Crippen LogP contribution in [0.25, 0.3) is 17.0 Å². The minimum Gasteiger partial charge on any atom is -0.365 e. The van der Waals surface area contributed by atoms with E-state index >= 15 is 0 Å². The third kappa shape index (κ3) is 2.80. The van der Waals surface area contributed by atoms with Gasteiger partial charge in [0, 0.05) is 28.7 Å². The molecular weight excluding hydrogens is 298 g/mol. The number of benzene rings is 2. The second-order valence-corrected chi connectivity index (χ2v) is 5.62. The Balaban J connectivity index is 2.20. The van der Waals surface area contributed by atoms with Gasteiger partial charge in [-0.2, -0.15) is 5.26 Å². The summed E-state index contributed by atoms with van der Waals surface area (Å²) in [4.78, 5) is 11.4. The molecule has 0 atom stereocenters. The van der Waals surface area contributed by atoms with E-state index in [9.17, 15) is 4.79 Å².